The summed E-state index contributed by atoms with van der Waals surface area (Å²) in [4.78, 5) is 20.6. The molecular weight excluding hydrogens is 296 g/mol. The lowest BCUT2D eigenvalue weighted by atomic mass is 9.65. The highest BCUT2D eigenvalue weighted by Crippen LogP contribution is 2.41. The zero-order chi connectivity index (χ0) is 17.0. The van der Waals surface area contributed by atoms with Crippen molar-refractivity contribution in [2.75, 3.05) is 0 Å². The summed E-state index contributed by atoms with van der Waals surface area (Å²) in [5.41, 5.74) is -4.47. The van der Waals surface area contributed by atoms with Gasteiger partial charge in [-0.25, -0.2) is 0 Å². The fourth-order valence-corrected chi connectivity index (χ4v) is 2.97. The summed E-state index contributed by atoms with van der Waals surface area (Å²) in [5.74, 6) is 0. The second-order valence-electron chi connectivity index (χ2n) is 5.88. The van der Waals surface area contributed by atoms with Crippen LogP contribution in [0.3, 0.4) is 0 Å². The van der Waals surface area contributed by atoms with Crippen molar-refractivity contribution in [3.8, 4) is 0 Å². The summed E-state index contributed by atoms with van der Waals surface area (Å²) in [7, 11) is 0. The van der Waals surface area contributed by atoms with E-state index >= 15 is 0 Å². The van der Waals surface area contributed by atoms with Gasteiger partial charge in [0.15, 0.2) is 0 Å². The van der Waals surface area contributed by atoms with E-state index in [0.717, 1.165) is 0 Å². The maximum atomic E-state index is 10.4. The molecule has 8 heteroatoms. The standard InChI is InChI=1S/C14H24O8/c15-7-3-1-5-13(21)9(17)11(19)14(22,6-2-4-8-16)12(20)10(13)18/h7-12,17-22H,1-6H2/t9-,10+,11-,12+,13?,14?. The van der Waals surface area contributed by atoms with Crippen LogP contribution in [0.15, 0.2) is 0 Å². The Bertz CT molecular complexity index is 333. The third kappa shape index (κ3) is 3.37. The van der Waals surface area contributed by atoms with Crippen LogP contribution in [0, 0.1) is 0 Å². The van der Waals surface area contributed by atoms with Crippen LogP contribution in [0.2, 0.25) is 0 Å². The van der Waals surface area contributed by atoms with Gasteiger partial charge in [0.25, 0.3) is 0 Å². The Morgan fingerprint density at radius 2 is 0.955 bits per heavy atom. The molecule has 0 aliphatic heterocycles. The molecule has 0 radical (unpaired) electrons. The lowest BCUT2D eigenvalue weighted by molar-refractivity contribution is -0.305. The minimum atomic E-state index is -2.24. The van der Waals surface area contributed by atoms with E-state index in [1.54, 1.807) is 0 Å². The van der Waals surface area contributed by atoms with E-state index in [1.165, 1.54) is 0 Å². The monoisotopic (exact) mass is 320 g/mol. The van der Waals surface area contributed by atoms with Gasteiger partial charge in [-0.3, -0.25) is 0 Å². The predicted molar refractivity (Wildman–Crippen MR) is 73.8 cm³/mol. The van der Waals surface area contributed by atoms with E-state index in [-0.39, 0.29) is 38.5 Å². The molecule has 0 aromatic carbocycles. The molecule has 1 saturated carbocycles. The fraction of sp³-hybridized carbons (Fsp3) is 0.857. The molecule has 1 aliphatic rings. The smallest absolute Gasteiger partial charge is 0.122 e. The van der Waals surface area contributed by atoms with Crippen LogP contribution in [0.5, 0.6) is 0 Å². The van der Waals surface area contributed by atoms with Crippen LogP contribution in [-0.4, -0.2) is 78.8 Å². The number of aliphatic hydroxyl groups is 6. The van der Waals surface area contributed by atoms with Crippen LogP contribution in [-0.2, 0) is 9.59 Å². The lowest BCUT2D eigenvalue weighted by Crippen LogP contribution is -2.75. The van der Waals surface area contributed by atoms with Gasteiger partial charge in [0, 0.05) is 12.8 Å². The van der Waals surface area contributed by atoms with Crippen LogP contribution in [0.4, 0.5) is 0 Å². The van der Waals surface area contributed by atoms with Gasteiger partial charge in [-0.1, -0.05) is 0 Å². The first kappa shape index (κ1) is 19.1. The molecule has 128 valence electrons. The largest absolute Gasteiger partial charge is 0.387 e. The maximum absolute atomic E-state index is 10.4. The fourth-order valence-electron chi connectivity index (χ4n) is 2.97. The van der Waals surface area contributed by atoms with Crippen LogP contribution in [0.1, 0.15) is 38.5 Å². The van der Waals surface area contributed by atoms with Crippen molar-refractivity contribution in [3.05, 3.63) is 0 Å². The normalized spacial score (nSPS) is 42.1. The summed E-state index contributed by atoms with van der Waals surface area (Å²) in [6.07, 6.45) is -6.43. The highest BCUT2D eigenvalue weighted by Gasteiger charge is 2.63. The Labute approximate surface area is 128 Å². The second-order valence-corrected chi connectivity index (χ2v) is 5.88. The number of aldehydes is 2. The van der Waals surface area contributed by atoms with Gasteiger partial charge in [0.1, 0.15) is 48.2 Å². The van der Waals surface area contributed by atoms with Crippen molar-refractivity contribution in [2.24, 2.45) is 0 Å². The first-order chi connectivity index (χ1) is 10.3. The molecule has 0 amide bonds. The zero-order valence-electron chi connectivity index (χ0n) is 12.2. The SMILES string of the molecule is O=CCCCC1(O)[C@H](O)[C@@H](O)C(O)(CCCC=O)[C@@H](O)[C@@H]1O. The molecule has 22 heavy (non-hydrogen) atoms. The third-order valence-electron chi connectivity index (χ3n) is 4.45. The van der Waals surface area contributed by atoms with Crippen molar-refractivity contribution in [1.82, 2.24) is 0 Å². The molecule has 6 atom stereocenters. The van der Waals surface area contributed by atoms with Gasteiger partial charge in [0.05, 0.1) is 0 Å². The first-order valence-corrected chi connectivity index (χ1v) is 7.30. The Morgan fingerprint density at radius 3 is 1.18 bits per heavy atom. The number of hydrogen-bond donors (Lipinski definition) is 6. The Morgan fingerprint density at radius 1 is 0.682 bits per heavy atom. The summed E-state index contributed by atoms with van der Waals surface area (Å²) < 4.78 is 0. The molecule has 0 spiro atoms. The quantitative estimate of drug-likeness (QED) is 0.214. The topological polar surface area (TPSA) is 156 Å². The van der Waals surface area contributed by atoms with Crippen molar-refractivity contribution < 1.29 is 40.2 Å². The van der Waals surface area contributed by atoms with E-state index in [4.69, 9.17) is 0 Å². The van der Waals surface area contributed by atoms with Gasteiger partial charge in [-0.15, -0.1) is 0 Å². The summed E-state index contributed by atoms with van der Waals surface area (Å²) >= 11 is 0. The van der Waals surface area contributed by atoms with E-state index in [9.17, 15) is 40.2 Å². The molecule has 0 saturated heterocycles. The highest BCUT2D eigenvalue weighted by molar-refractivity contribution is 5.49. The van der Waals surface area contributed by atoms with Crippen molar-refractivity contribution in [1.29, 1.82) is 0 Å². The zero-order valence-corrected chi connectivity index (χ0v) is 12.2. The third-order valence-corrected chi connectivity index (χ3v) is 4.45. The molecule has 1 fully saturated rings. The summed E-state index contributed by atoms with van der Waals surface area (Å²) in [5, 5.41) is 61.1. The molecule has 1 aliphatic carbocycles. The van der Waals surface area contributed by atoms with Gasteiger partial charge in [-0.2, -0.15) is 0 Å². The van der Waals surface area contributed by atoms with Crippen LogP contribution < -0.4 is 0 Å². The molecule has 0 bridgehead atoms. The average molecular weight is 320 g/mol. The summed E-state index contributed by atoms with van der Waals surface area (Å²) in [6, 6.07) is 0. The van der Waals surface area contributed by atoms with Crippen molar-refractivity contribution in [2.45, 2.75) is 74.1 Å². The Balaban J connectivity index is 2.94. The molecule has 0 aromatic rings. The molecular formula is C14H24O8. The molecule has 1 rings (SSSR count). The number of hydrogen-bond acceptors (Lipinski definition) is 8. The van der Waals surface area contributed by atoms with E-state index in [1.807, 2.05) is 0 Å². The Hall–Kier alpha value is -0.900. The Kier molecular flexibility index (Phi) is 6.60. The van der Waals surface area contributed by atoms with Crippen molar-refractivity contribution >= 4 is 12.6 Å². The van der Waals surface area contributed by atoms with Gasteiger partial charge < -0.3 is 40.2 Å². The van der Waals surface area contributed by atoms with Crippen molar-refractivity contribution in [3.63, 3.8) is 0 Å². The maximum Gasteiger partial charge on any atom is 0.122 e. The van der Waals surface area contributed by atoms with Gasteiger partial charge in [0.2, 0.25) is 0 Å². The molecule has 6 N–H and O–H groups in total. The van der Waals surface area contributed by atoms with E-state index in [0.29, 0.717) is 12.6 Å². The number of aliphatic hydroxyl groups excluding tert-OH is 4. The molecule has 0 heterocycles. The number of rotatable bonds is 8. The number of carbonyl (C=O) groups excluding carboxylic acids is 2. The predicted octanol–water partition coefficient (Wildman–Crippen LogP) is -2.36. The van der Waals surface area contributed by atoms with Gasteiger partial charge in [-0.05, 0) is 25.7 Å². The van der Waals surface area contributed by atoms with Gasteiger partial charge >= 0.3 is 0 Å². The average Bonchev–Trinajstić information content (AvgIpc) is 2.50. The number of unbranched alkanes of at least 4 members (excludes halogenated alkanes) is 2. The van der Waals surface area contributed by atoms with Crippen LogP contribution >= 0.6 is 0 Å². The van der Waals surface area contributed by atoms with Crippen LogP contribution in [0.25, 0.3) is 0 Å². The van der Waals surface area contributed by atoms with E-state index in [2.05, 4.69) is 0 Å². The van der Waals surface area contributed by atoms with E-state index < -0.39 is 35.6 Å². The highest BCUT2D eigenvalue weighted by atomic mass is 16.4. The molecule has 8 nitrogen and oxygen atoms in total. The number of carbonyl (C=O) groups is 2. The molecule has 0 aromatic heterocycles. The second kappa shape index (κ2) is 7.58. The first-order valence-electron chi connectivity index (χ1n) is 7.30. The molecule has 2 unspecified atom stereocenters. The minimum Gasteiger partial charge on any atom is -0.387 e. The minimum absolute atomic E-state index is 0.0809. The lowest BCUT2D eigenvalue weighted by Gasteiger charge is -2.53. The summed E-state index contributed by atoms with van der Waals surface area (Å²) in [6.45, 7) is 0.